The summed E-state index contributed by atoms with van der Waals surface area (Å²) in [6, 6.07) is 38.0. The van der Waals surface area contributed by atoms with Gasteiger partial charge in [-0.3, -0.25) is 4.57 Å². The van der Waals surface area contributed by atoms with E-state index < -0.39 is 24.2 Å². The number of nitrogens with zero attached hydrogens (tertiary/aromatic N) is 2. The minimum Gasteiger partial charge on any atom is -0.296 e. The molecule has 9 aromatic rings. The smallest absolute Gasteiger partial charge is 0.114 e. The number of fused-ring (bicyclic) bond motifs is 3. The van der Waals surface area contributed by atoms with Crippen molar-refractivity contribution in [3.8, 4) is 50.2 Å². The van der Waals surface area contributed by atoms with E-state index in [0.717, 1.165) is 51.2 Å². The van der Waals surface area contributed by atoms with Crippen LogP contribution >= 0.6 is 0 Å². The predicted molar refractivity (Wildman–Crippen MR) is 207 cm³/mol. The number of hydrogen-bond acceptors (Lipinski definition) is 1. The standard InChI is InChI=1S/C47H34N2/c1-2-45-48-43-28-12-13-29-44(43)49(45)36-21-15-19-34(31-36)33-18-14-20-35(30-33)46-39-24-8-10-26-41(39)47(42-27-11-9-25-40(42)46)38-23-7-6-22-37(38)32-16-4-3-5-17-32/h3-31H,2H2,1H3/i8D,9D,10D,11D,24D,25D,26D,27D. The monoisotopic (exact) mass is 634 g/mol. The van der Waals surface area contributed by atoms with Gasteiger partial charge in [0.25, 0.3) is 0 Å². The van der Waals surface area contributed by atoms with Crippen molar-refractivity contribution in [2.45, 2.75) is 13.3 Å². The Bertz CT molecular complexity index is 3020. The van der Waals surface area contributed by atoms with Crippen LogP contribution in [-0.2, 0) is 6.42 Å². The summed E-state index contributed by atoms with van der Waals surface area (Å²) in [5.74, 6) is 0.928. The van der Waals surface area contributed by atoms with E-state index in [1.54, 1.807) is 0 Å². The van der Waals surface area contributed by atoms with Gasteiger partial charge in [0.1, 0.15) is 5.82 Å². The summed E-state index contributed by atoms with van der Waals surface area (Å²) >= 11 is 0. The second-order valence-corrected chi connectivity index (χ2v) is 12.0. The van der Waals surface area contributed by atoms with E-state index in [0.29, 0.717) is 22.3 Å². The largest absolute Gasteiger partial charge is 0.296 e. The first-order valence-corrected chi connectivity index (χ1v) is 16.4. The molecule has 0 atom stereocenters. The van der Waals surface area contributed by atoms with Gasteiger partial charge in [0.05, 0.1) is 22.0 Å². The van der Waals surface area contributed by atoms with Crippen molar-refractivity contribution in [2.24, 2.45) is 0 Å². The van der Waals surface area contributed by atoms with Crippen molar-refractivity contribution in [3.63, 3.8) is 0 Å². The fourth-order valence-corrected chi connectivity index (χ4v) is 7.03. The van der Waals surface area contributed by atoms with Gasteiger partial charge >= 0.3 is 0 Å². The highest BCUT2D eigenvalue weighted by atomic mass is 15.1. The first-order chi connectivity index (χ1) is 27.6. The van der Waals surface area contributed by atoms with Crippen LogP contribution in [-0.4, -0.2) is 9.55 Å². The summed E-state index contributed by atoms with van der Waals surface area (Å²) < 4.78 is 75.3. The molecule has 0 unspecified atom stereocenters. The Morgan fingerprint density at radius 3 is 1.78 bits per heavy atom. The molecule has 0 aliphatic heterocycles. The third kappa shape index (κ3) is 4.92. The van der Waals surface area contributed by atoms with Crippen molar-refractivity contribution in [3.05, 3.63) is 182 Å². The van der Waals surface area contributed by atoms with E-state index in [-0.39, 0.29) is 45.7 Å². The molecule has 0 aliphatic rings. The highest BCUT2D eigenvalue weighted by Gasteiger charge is 2.19. The van der Waals surface area contributed by atoms with Crippen molar-refractivity contribution >= 4 is 32.6 Å². The molecule has 2 nitrogen and oxygen atoms in total. The van der Waals surface area contributed by atoms with Crippen LogP contribution < -0.4 is 0 Å². The van der Waals surface area contributed by atoms with Crippen LogP contribution in [0.1, 0.15) is 23.7 Å². The molecule has 49 heavy (non-hydrogen) atoms. The molecule has 2 heteroatoms. The van der Waals surface area contributed by atoms with E-state index in [2.05, 4.69) is 23.6 Å². The van der Waals surface area contributed by atoms with E-state index in [4.69, 9.17) is 10.5 Å². The molecule has 0 N–H and O–H groups in total. The van der Waals surface area contributed by atoms with E-state index >= 15 is 0 Å². The van der Waals surface area contributed by atoms with Gasteiger partial charge in [-0.15, -0.1) is 0 Å². The van der Waals surface area contributed by atoms with Gasteiger partial charge in [-0.25, -0.2) is 4.98 Å². The molecule has 0 fully saturated rings. The summed E-state index contributed by atoms with van der Waals surface area (Å²) in [7, 11) is 0. The average molecular weight is 635 g/mol. The lowest BCUT2D eigenvalue weighted by molar-refractivity contribution is 0.908. The number of imidazole rings is 1. The Hall–Kier alpha value is -6.25. The minimum absolute atomic E-state index is 0.180. The lowest BCUT2D eigenvalue weighted by Crippen LogP contribution is -2.00. The molecule has 1 aromatic heterocycles. The maximum absolute atomic E-state index is 9.43. The summed E-state index contributed by atoms with van der Waals surface area (Å²) in [4.78, 5) is 4.87. The molecule has 0 saturated heterocycles. The van der Waals surface area contributed by atoms with Crippen LogP contribution in [0.5, 0.6) is 0 Å². The predicted octanol–water partition coefficient (Wildman–Crippen LogP) is 12.6. The van der Waals surface area contributed by atoms with Gasteiger partial charge in [-0.05, 0) is 96.4 Å². The Morgan fingerprint density at radius 1 is 0.510 bits per heavy atom. The maximum atomic E-state index is 9.43. The molecular weight excluding hydrogens is 593 g/mol. The van der Waals surface area contributed by atoms with Crippen molar-refractivity contribution in [1.29, 1.82) is 0 Å². The van der Waals surface area contributed by atoms with Gasteiger partial charge in [0.2, 0.25) is 0 Å². The lowest BCUT2D eigenvalue weighted by atomic mass is 9.83. The molecule has 0 spiro atoms. The molecule has 0 aliphatic carbocycles. The summed E-state index contributed by atoms with van der Waals surface area (Å²) in [5, 5.41) is 0.728. The van der Waals surface area contributed by atoms with E-state index in [1.807, 2.05) is 115 Å². The quantitative estimate of drug-likeness (QED) is 0.166. The van der Waals surface area contributed by atoms with Crippen LogP contribution in [0.15, 0.2) is 176 Å². The van der Waals surface area contributed by atoms with Gasteiger partial charge < -0.3 is 0 Å². The molecule has 9 rings (SSSR count). The Morgan fingerprint density at radius 2 is 1.06 bits per heavy atom. The zero-order valence-electron chi connectivity index (χ0n) is 34.7. The van der Waals surface area contributed by atoms with Crippen LogP contribution in [0.4, 0.5) is 0 Å². The molecule has 0 bridgehead atoms. The van der Waals surface area contributed by atoms with Gasteiger partial charge in [0.15, 0.2) is 0 Å². The van der Waals surface area contributed by atoms with Crippen molar-refractivity contribution in [1.82, 2.24) is 9.55 Å². The number of rotatable bonds is 6. The fourth-order valence-electron chi connectivity index (χ4n) is 7.03. The third-order valence-electron chi connectivity index (χ3n) is 9.19. The molecule has 232 valence electrons. The highest BCUT2D eigenvalue weighted by molar-refractivity contribution is 6.22. The summed E-state index contributed by atoms with van der Waals surface area (Å²) in [5.41, 5.74) is 7.92. The summed E-state index contributed by atoms with van der Waals surface area (Å²) in [6.07, 6.45) is 0.733. The maximum Gasteiger partial charge on any atom is 0.114 e. The molecule has 0 saturated carbocycles. The topological polar surface area (TPSA) is 17.8 Å². The molecular formula is C47H34N2. The van der Waals surface area contributed by atoms with E-state index in [1.165, 1.54) is 0 Å². The Labute approximate surface area is 297 Å². The number of benzene rings is 8. The Kier molecular flexibility index (Phi) is 5.32. The molecule has 0 amide bonds. The van der Waals surface area contributed by atoms with Gasteiger partial charge in [-0.1, -0.05) is 152 Å². The fraction of sp³-hybridized carbons (Fsp3) is 0.0426. The normalized spacial score (nSPS) is 13.7. The average Bonchev–Trinajstić information content (AvgIpc) is 3.64. The number of para-hydroxylation sites is 2. The van der Waals surface area contributed by atoms with Crippen molar-refractivity contribution in [2.75, 3.05) is 0 Å². The minimum atomic E-state index is -0.431. The van der Waals surface area contributed by atoms with Gasteiger partial charge in [0, 0.05) is 12.1 Å². The highest BCUT2D eigenvalue weighted by Crippen LogP contribution is 2.46. The van der Waals surface area contributed by atoms with Crippen LogP contribution in [0.2, 0.25) is 0 Å². The summed E-state index contributed by atoms with van der Waals surface area (Å²) in [6.45, 7) is 2.08. The third-order valence-corrected chi connectivity index (χ3v) is 9.19. The van der Waals surface area contributed by atoms with Crippen molar-refractivity contribution < 1.29 is 11.0 Å². The number of aromatic nitrogens is 2. The SMILES string of the molecule is [2H]c1c([2H])c([2H])c2c(-c3ccccc3-c3ccccc3)c3c([2H])c([2H])c([2H])c([2H])c3c(-c3cccc(-c4cccc(-n5c(CC)nc6ccccc65)c4)c3)c2c1[2H]. The molecule has 8 aromatic carbocycles. The Balaban J connectivity index is 1.39. The van der Waals surface area contributed by atoms with Crippen LogP contribution in [0.3, 0.4) is 0 Å². The first kappa shape index (κ1) is 21.6. The second kappa shape index (κ2) is 12.1. The lowest BCUT2D eigenvalue weighted by Gasteiger charge is -2.20. The zero-order valence-corrected chi connectivity index (χ0v) is 26.7. The number of hydrogen-bond donors (Lipinski definition) is 0. The van der Waals surface area contributed by atoms with Gasteiger partial charge in [-0.2, -0.15) is 0 Å². The number of aryl methyl sites for hydroxylation is 1. The van der Waals surface area contributed by atoms with E-state index in [9.17, 15) is 5.48 Å². The first-order valence-electron chi connectivity index (χ1n) is 20.4. The van der Waals surface area contributed by atoms with Crippen LogP contribution in [0.25, 0.3) is 82.8 Å². The molecule has 0 radical (unpaired) electrons. The zero-order chi connectivity index (χ0) is 39.7. The second-order valence-electron chi connectivity index (χ2n) is 12.0. The van der Waals surface area contributed by atoms with Crippen LogP contribution in [0, 0.1) is 0 Å². The molecule has 1 heterocycles.